The second-order valence-electron chi connectivity index (χ2n) is 6.13. The second-order valence-corrected chi connectivity index (χ2v) is 6.13. The lowest BCUT2D eigenvalue weighted by molar-refractivity contribution is -0.157. The minimum atomic E-state index is -0.749. The molecular weight excluding hydrogens is 296 g/mol. The van der Waals surface area contributed by atoms with Gasteiger partial charge in [-0.2, -0.15) is 0 Å². The molecule has 0 amide bonds. The minimum absolute atomic E-state index is 0.250. The highest BCUT2D eigenvalue weighted by atomic mass is 16.9. The third-order valence-corrected chi connectivity index (χ3v) is 4.20. The fraction of sp³-hybridized carbons (Fsp3) is 0.389. The maximum Gasteiger partial charge on any atom is 0.360 e. The third-order valence-electron chi connectivity index (χ3n) is 4.20. The van der Waals surface area contributed by atoms with Gasteiger partial charge in [0, 0.05) is 17.9 Å². The molecule has 1 unspecified atom stereocenters. The van der Waals surface area contributed by atoms with Gasteiger partial charge in [0.15, 0.2) is 11.5 Å². The summed E-state index contributed by atoms with van der Waals surface area (Å²) in [5.74, 6) is 1.48. The van der Waals surface area contributed by atoms with E-state index in [4.69, 9.17) is 18.9 Å². The smallest absolute Gasteiger partial charge is 0.360 e. The molecule has 2 aromatic carbocycles. The van der Waals surface area contributed by atoms with Crippen molar-refractivity contribution >= 4 is 16.7 Å². The van der Waals surface area contributed by atoms with Crippen LogP contribution >= 0.6 is 0 Å². The Morgan fingerprint density at radius 2 is 1.96 bits per heavy atom. The van der Waals surface area contributed by atoms with E-state index < -0.39 is 11.9 Å². The lowest BCUT2D eigenvalue weighted by atomic mass is 9.90. The van der Waals surface area contributed by atoms with Crippen molar-refractivity contribution in [1.29, 1.82) is 0 Å². The molecular formula is C18H20O5. The van der Waals surface area contributed by atoms with Crippen molar-refractivity contribution in [3.63, 3.8) is 0 Å². The predicted molar refractivity (Wildman–Crippen MR) is 85.7 cm³/mol. The van der Waals surface area contributed by atoms with Crippen LogP contribution in [0, 0.1) is 5.41 Å². The molecule has 0 aliphatic carbocycles. The van der Waals surface area contributed by atoms with E-state index in [0.717, 1.165) is 10.8 Å². The summed E-state index contributed by atoms with van der Waals surface area (Å²) >= 11 is 0. The van der Waals surface area contributed by atoms with E-state index in [-0.39, 0.29) is 5.97 Å². The van der Waals surface area contributed by atoms with E-state index in [1.165, 1.54) is 7.11 Å². The predicted octanol–water partition coefficient (Wildman–Crippen LogP) is 3.88. The number of rotatable bonds is 4. The molecule has 0 fully saturated rings. The molecule has 1 atom stereocenters. The van der Waals surface area contributed by atoms with Crippen molar-refractivity contribution < 1.29 is 23.7 Å². The summed E-state index contributed by atoms with van der Waals surface area (Å²) in [6.07, 6.45) is 0.707. The normalized spacial score (nSPS) is 16.6. The van der Waals surface area contributed by atoms with Crippen LogP contribution in [0.25, 0.3) is 10.8 Å². The van der Waals surface area contributed by atoms with Crippen LogP contribution < -0.4 is 14.2 Å². The SMILES string of the molecule is CCC(C)(C)C(=O)Oc1cccc2c3c(ccc12)OC(OC)O3. The highest BCUT2D eigenvalue weighted by molar-refractivity contribution is 5.96. The Labute approximate surface area is 135 Å². The average Bonchev–Trinajstić information content (AvgIpc) is 2.98. The molecule has 122 valence electrons. The standard InChI is InChI=1S/C18H20O5/c1-5-18(2,3)16(19)21-13-8-6-7-12-11(13)9-10-14-15(12)23-17(20-4)22-14/h6-10,17H,5H2,1-4H3. The summed E-state index contributed by atoms with van der Waals surface area (Å²) in [5, 5.41) is 1.62. The zero-order valence-electron chi connectivity index (χ0n) is 13.7. The number of hydrogen-bond acceptors (Lipinski definition) is 5. The first-order valence-corrected chi connectivity index (χ1v) is 7.60. The summed E-state index contributed by atoms with van der Waals surface area (Å²) in [7, 11) is 1.51. The molecule has 1 aliphatic heterocycles. The van der Waals surface area contributed by atoms with Crippen molar-refractivity contribution in [3.8, 4) is 17.2 Å². The largest absolute Gasteiger partial charge is 0.428 e. The number of methoxy groups -OCH3 is 1. The van der Waals surface area contributed by atoms with E-state index >= 15 is 0 Å². The molecule has 2 aromatic rings. The van der Waals surface area contributed by atoms with E-state index in [1.807, 2.05) is 39.0 Å². The van der Waals surface area contributed by atoms with Crippen LogP contribution in [0.15, 0.2) is 30.3 Å². The van der Waals surface area contributed by atoms with Gasteiger partial charge in [-0.25, -0.2) is 0 Å². The maximum atomic E-state index is 12.3. The van der Waals surface area contributed by atoms with Gasteiger partial charge in [0.25, 0.3) is 0 Å². The molecule has 3 rings (SSSR count). The third kappa shape index (κ3) is 2.72. The van der Waals surface area contributed by atoms with Crippen LogP contribution in [-0.4, -0.2) is 19.6 Å². The van der Waals surface area contributed by atoms with Crippen LogP contribution in [0.4, 0.5) is 0 Å². The Balaban J connectivity index is 2.00. The molecule has 0 N–H and O–H groups in total. The molecule has 23 heavy (non-hydrogen) atoms. The van der Waals surface area contributed by atoms with E-state index in [0.29, 0.717) is 23.7 Å². The Bertz CT molecular complexity index is 750. The van der Waals surface area contributed by atoms with Crippen molar-refractivity contribution in [2.24, 2.45) is 5.41 Å². The maximum absolute atomic E-state index is 12.3. The Morgan fingerprint density at radius 3 is 2.65 bits per heavy atom. The lowest BCUT2D eigenvalue weighted by Gasteiger charge is -2.20. The fourth-order valence-electron chi connectivity index (χ4n) is 2.29. The van der Waals surface area contributed by atoms with Crippen LogP contribution in [0.1, 0.15) is 27.2 Å². The van der Waals surface area contributed by atoms with E-state index in [1.54, 1.807) is 12.1 Å². The molecule has 0 aromatic heterocycles. The number of carbonyl (C=O) groups excluding carboxylic acids is 1. The van der Waals surface area contributed by atoms with Gasteiger partial charge in [0.2, 0.25) is 0 Å². The summed E-state index contributed by atoms with van der Waals surface area (Å²) in [4.78, 5) is 12.3. The van der Waals surface area contributed by atoms with Crippen molar-refractivity contribution in [1.82, 2.24) is 0 Å². The molecule has 1 aliphatic rings. The summed E-state index contributed by atoms with van der Waals surface area (Å²) < 4.78 is 21.8. The lowest BCUT2D eigenvalue weighted by Crippen LogP contribution is -2.28. The molecule has 5 heteroatoms. The van der Waals surface area contributed by atoms with Crippen molar-refractivity contribution in [2.75, 3.05) is 7.11 Å². The minimum Gasteiger partial charge on any atom is -0.428 e. The van der Waals surface area contributed by atoms with E-state index in [2.05, 4.69) is 0 Å². The average molecular weight is 316 g/mol. The molecule has 0 bridgehead atoms. The van der Waals surface area contributed by atoms with Crippen LogP contribution in [0.2, 0.25) is 0 Å². The first kappa shape index (κ1) is 15.6. The van der Waals surface area contributed by atoms with Gasteiger partial charge in [-0.3, -0.25) is 4.79 Å². The van der Waals surface area contributed by atoms with Gasteiger partial charge in [0.05, 0.1) is 5.41 Å². The zero-order chi connectivity index (χ0) is 16.6. The summed E-state index contributed by atoms with van der Waals surface area (Å²) in [6.45, 7) is 4.96. The van der Waals surface area contributed by atoms with Gasteiger partial charge in [-0.1, -0.05) is 19.1 Å². The van der Waals surface area contributed by atoms with Crippen LogP contribution in [-0.2, 0) is 9.53 Å². The molecule has 0 saturated carbocycles. The van der Waals surface area contributed by atoms with Crippen molar-refractivity contribution in [3.05, 3.63) is 30.3 Å². The summed E-state index contributed by atoms with van der Waals surface area (Å²) in [6, 6.07) is 9.16. The number of benzene rings is 2. The molecule has 0 saturated heterocycles. The Morgan fingerprint density at radius 1 is 1.17 bits per heavy atom. The zero-order valence-corrected chi connectivity index (χ0v) is 13.7. The van der Waals surface area contributed by atoms with Crippen LogP contribution in [0.3, 0.4) is 0 Å². The number of fused-ring (bicyclic) bond motifs is 3. The molecule has 1 heterocycles. The Hall–Kier alpha value is -2.27. The van der Waals surface area contributed by atoms with Gasteiger partial charge in [-0.15, -0.1) is 0 Å². The topological polar surface area (TPSA) is 54.0 Å². The molecule has 5 nitrogen and oxygen atoms in total. The Kier molecular flexibility index (Phi) is 3.90. The highest BCUT2D eigenvalue weighted by Gasteiger charge is 2.29. The number of hydrogen-bond donors (Lipinski definition) is 0. The van der Waals surface area contributed by atoms with Crippen LogP contribution in [0.5, 0.6) is 17.2 Å². The molecule has 0 spiro atoms. The van der Waals surface area contributed by atoms with Gasteiger partial charge >= 0.3 is 12.4 Å². The van der Waals surface area contributed by atoms with Gasteiger partial charge in [-0.05, 0) is 38.5 Å². The second kappa shape index (κ2) is 5.74. The number of carbonyl (C=O) groups is 1. The first-order valence-electron chi connectivity index (χ1n) is 7.60. The molecule has 0 radical (unpaired) electrons. The summed E-state index contributed by atoms with van der Waals surface area (Å²) in [5.41, 5.74) is -0.528. The fourth-order valence-corrected chi connectivity index (χ4v) is 2.29. The quantitative estimate of drug-likeness (QED) is 0.633. The number of ether oxygens (including phenoxy) is 4. The highest BCUT2D eigenvalue weighted by Crippen LogP contribution is 2.43. The van der Waals surface area contributed by atoms with E-state index in [9.17, 15) is 4.79 Å². The van der Waals surface area contributed by atoms with Crippen molar-refractivity contribution in [2.45, 2.75) is 33.7 Å². The number of esters is 1. The van der Waals surface area contributed by atoms with Gasteiger partial charge in [0.1, 0.15) is 5.75 Å². The van der Waals surface area contributed by atoms with Gasteiger partial charge < -0.3 is 18.9 Å². The first-order chi connectivity index (χ1) is 11.0. The monoisotopic (exact) mass is 316 g/mol.